The van der Waals surface area contributed by atoms with E-state index in [1.807, 2.05) is 63.2 Å². The number of nitrogens with two attached hydrogens (primary N) is 1. The van der Waals surface area contributed by atoms with Gasteiger partial charge in [-0.05, 0) is 63.2 Å². The van der Waals surface area contributed by atoms with E-state index < -0.39 is 11.9 Å². The van der Waals surface area contributed by atoms with Crippen molar-refractivity contribution in [3.05, 3.63) is 83.1 Å². The van der Waals surface area contributed by atoms with E-state index >= 15 is 0 Å². The Morgan fingerprint density at radius 1 is 1.23 bits per heavy atom. The quantitative estimate of drug-likeness (QED) is 0.215. The van der Waals surface area contributed by atoms with Crippen molar-refractivity contribution in [2.24, 2.45) is 0 Å². The monoisotopic (exact) mass is 599 g/mol. The van der Waals surface area contributed by atoms with Gasteiger partial charge in [0.2, 0.25) is 5.91 Å². The van der Waals surface area contributed by atoms with Crippen LogP contribution in [0.2, 0.25) is 0 Å². The Balaban J connectivity index is 1.70. The Hall–Kier alpha value is -5.10. The van der Waals surface area contributed by atoms with E-state index in [1.165, 1.54) is 18.5 Å². The SMILES string of the molecule is Cc1ccccc1/C(C1=CCN(C(=O)CN(C)C)CC1)=C(\OC=O)C(C)n1nc(-c2cc(O)cc(F)c2)c2c(N)ncnc21. The van der Waals surface area contributed by atoms with E-state index in [-0.39, 0.29) is 28.7 Å². The zero-order valence-corrected chi connectivity index (χ0v) is 25.0. The van der Waals surface area contributed by atoms with Crippen molar-refractivity contribution < 1.29 is 23.8 Å². The van der Waals surface area contributed by atoms with Crippen LogP contribution in [0.25, 0.3) is 27.9 Å². The number of phenolic OH excluding ortho intramolecular Hbond substituents is 1. The molecule has 44 heavy (non-hydrogen) atoms. The first kappa shape index (κ1) is 30.4. The molecule has 0 radical (unpaired) electrons. The summed E-state index contributed by atoms with van der Waals surface area (Å²) in [6, 6.07) is 10.7. The minimum atomic E-state index is -0.711. The number of nitrogen functional groups attached to an aromatic ring is 1. The van der Waals surface area contributed by atoms with Crippen molar-refractivity contribution in [3.63, 3.8) is 0 Å². The molecule has 0 bridgehead atoms. The van der Waals surface area contributed by atoms with Crippen LogP contribution in [-0.4, -0.2) is 80.8 Å². The van der Waals surface area contributed by atoms with Gasteiger partial charge in [0.05, 0.1) is 11.9 Å². The summed E-state index contributed by atoms with van der Waals surface area (Å²) in [6.07, 6.45) is 3.82. The number of likely N-dealkylation sites (N-methyl/N-ethyl adjacent to an activating group) is 1. The molecule has 5 rings (SSSR count). The molecule has 0 saturated heterocycles. The number of carbonyl (C=O) groups is 2. The molecule has 3 heterocycles. The van der Waals surface area contributed by atoms with Crippen molar-refractivity contribution in [1.82, 2.24) is 29.5 Å². The normalized spacial score (nSPS) is 14.8. The molecule has 1 aliphatic heterocycles. The highest BCUT2D eigenvalue weighted by Gasteiger charge is 2.29. The van der Waals surface area contributed by atoms with E-state index in [2.05, 4.69) is 9.97 Å². The lowest BCUT2D eigenvalue weighted by molar-refractivity contribution is -0.131. The maximum Gasteiger partial charge on any atom is 0.298 e. The van der Waals surface area contributed by atoms with Gasteiger partial charge in [-0.25, -0.2) is 19.0 Å². The average Bonchev–Trinajstić information content (AvgIpc) is 3.38. The smallest absolute Gasteiger partial charge is 0.298 e. The van der Waals surface area contributed by atoms with Crippen molar-refractivity contribution in [2.45, 2.75) is 26.3 Å². The van der Waals surface area contributed by atoms with Crippen molar-refractivity contribution >= 4 is 34.8 Å². The predicted octanol–water partition coefficient (Wildman–Crippen LogP) is 4.09. The summed E-state index contributed by atoms with van der Waals surface area (Å²) in [5.74, 6) is -0.476. The van der Waals surface area contributed by atoms with Gasteiger partial charge < -0.3 is 25.4 Å². The lowest BCUT2D eigenvalue weighted by Crippen LogP contribution is -2.40. The topological polar surface area (TPSA) is 140 Å². The first-order valence-electron chi connectivity index (χ1n) is 14.1. The maximum absolute atomic E-state index is 14.3. The molecule has 1 aliphatic rings. The molecule has 2 aromatic heterocycles. The summed E-state index contributed by atoms with van der Waals surface area (Å²) in [5.41, 5.74) is 10.6. The van der Waals surface area contributed by atoms with Crippen LogP contribution in [0.5, 0.6) is 5.75 Å². The Morgan fingerprint density at radius 3 is 2.66 bits per heavy atom. The van der Waals surface area contributed by atoms with Gasteiger partial charge in [0.15, 0.2) is 5.65 Å². The second kappa shape index (κ2) is 12.6. The standard InChI is InChI=1S/C32H34FN7O4/c1-19-7-5-6-8-25(19)27(21-9-11-39(12-10-21)26(43)16-38(3)4)30(44-18-41)20(2)40-32-28(31(34)35-17-36-32)29(37-40)22-13-23(33)15-24(42)14-22/h5-9,13-15,17-18,20,42H,10-12,16H2,1-4H3,(H2,34,35,36)/b30-27-. The van der Waals surface area contributed by atoms with Gasteiger partial charge >= 0.3 is 0 Å². The van der Waals surface area contributed by atoms with E-state index in [0.29, 0.717) is 54.9 Å². The highest BCUT2D eigenvalue weighted by molar-refractivity contribution is 5.98. The molecule has 1 unspecified atom stereocenters. The van der Waals surface area contributed by atoms with E-state index in [4.69, 9.17) is 15.6 Å². The zero-order chi connectivity index (χ0) is 31.5. The number of halogens is 1. The molecular weight excluding hydrogens is 565 g/mol. The summed E-state index contributed by atoms with van der Waals surface area (Å²) in [6.45, 7) is 5.37. The number of amides is 1. The van der Waals surface area contributed by atoms with Gasteiger partial charge in [-0.1, -0.05) is 30.3 Å². The van der Waals surface area contributed by atoms with Crippen LogP contribution in [0.3, 0.4) is 0 Å². The number of aromatic hydroxyl groups is 1. The lowest BCUT2D eigenvalue weighted by atomic mass is 9.88. The number of hydrogen-bond donors (Lipinski definition) is 2. The third-order valence-electron chi connectivity index (χ3n) is 7.59. The van der Waals surface area contributed by atoms with Crippen LogP contribution < -0.4 is 5.73 Å². The third-order valence-corrected chi connectivity index (χ3v) is 7.59. The van der Waals surface area contributed by atoms with Crippen molar-refractivity contribution in [2.75, 3.05) is 39.5 Å². The molecular formula is C32H34FN7O4. The van der Waals surface area contributed by atoms with Crippen LogP contribution in [0.15, 0.2) is 66.2 Å². The zero-order valence-electron chi connectivity index (χ0n) is 25.0. The second-order valence-electron chi connectivity index (χ2n) is 10.9. The van der Waals surface area contributed by atoms with Crippen molar-refractivity contribution in [3.8, 4) is 17.0 Å². The summed E-state index contributed by atoms with van der Waals surface area (Å²) in [5, 5.41) is 15.2. The molecule has 12 heteroatoms. The van der Waals surface area contributed by atoms with Gasteiger partial charge in [-0.3, -0.25) is 9.59 Å². The fourth-order valence-corrected chi connectivity index (χ4v) is 5.52. The summed E-state index contributed by atoms with van der Waals surface area (Å²) >= 11 is 0. The van der Waals surface area contributed by atoms with E-state index in [9.17, 15) is 19.1 Å². The molecule has 1 atom stereocenters. The number of allylic oxidation sites excluding steroid dienone is 2. The highest BCUT2D eigenvalue weighted by Crippen LogP contribution is 2.40. The molecule has 0 aliphatic carbocycles. The Morgan fingerprint density at radius 2 is 2.00 bits per heavy atom. The number of carbonyl (C=O) groups excluding carboxylic acids is 2. The number of aryl methyl sites for hydroxylation is 1. The predicted molar refractivity (Wildman–Crippen MR) is 165 cm³/mol. The van der Waals surface area contributed by atoms with Crippen LogP contribution >= 0.6 is 0 Å². The van der Waals surface area contributed by atoms with Crippen LogP contribution in [0, 0.1) is 12.7 Å². The number of ether oxygens (including phenoxy) is 1. The number of anilines is 1. The fourth-order valence-electron chi connectivity index (χ4n) is 5.52. The Labute approximate surface area is 254 Å². The van der Waals surface area contributed by atoms with Crippen LogP contribution in [0.4, 0.5) is 10.2 Å². The first-order chi connectivity index (χ1) is 21.1. The maximum atomic E-state index is 14.3. The molecule has 3 N–H and O–H groups in total. The van der Waals surface area contributed by atoms with Gasteiger partial charge in [-0.15, -0.1) is 0 Å². The van der Waals surface area contributed by atoms with E-state index in [0.717, 1.165) is 22.8 Å². The Kier molecular flexibility index (Phi) is 8.72. The fraction of sp³-hybridized carbons (Fsp3) is 0.281. The molecule has 0 saturated carbocycles. The highest BCUT2D eigenvalue weighted by atomic mass is 19.1. The van der Waals surface area contributed by atoms with Gasteiger partial charge in [-0.2, -0.15) is 5.10 Å². The molecule has 0 fully saturated rings. The third kappa shape index (κ3) is 6.02. The number of nitrogens with zero attached hydrogens (tertiary/aromatic N) is 6. The van der Waals surface area contributed by atoms with Crippen LogP contribution in [-0.2, 0) is 14.3 Å². The lowest BCUT2D eigenvalue weighted by Gasteiger charge is -2.30. The van der Waals surface area contributed by atoms with Gasteiger partial charge in [0.1, 0.15) is 41.2 Å². The number of hydrogen-bond acceptors (Lipinski definition) is 9. The molecule has 2 aromatic carbocycles. The summed E-state index contributed by atoms with van der Waals surface area (Å²) < 4.78 is 21.7. The molecule has 11 nitrogen and oxygen atoms in total. The van der Waals surface area contributed by atoms with Crippen molar-refractivity contribution in [1.29, 1.82) is 0 Å². The first-order valence-corrected chi connectivity index (χ1v) is 14.1. The van der Waals surface area contributed by atoms with Gasteiger partial charge in [0.25, 0.3) is 6.47 Å². The number of rotatable bonds is 9. The average molecular weight is 600 g/mol. The molecule has 228 valence electrons. The molecule has 0 spiro atoms. The minimum Gasteiger partial charge on any atom is -0.508 e. The summed E-state index contributed by atoms with van der Waals surface area (Å²) in [7, 11) is 3.71. The number of fused-ring (bicyclic) bond motifs is 1. The van der Waals surface area contributed by atoms with Crippen LogP contribution in [0.1, 0.15) is 30.5 Å². The second-order valence-corrected chi connectivity index (χ2v) is 10.9. The minimum absolute atomic E-state index is 0.0284. The largest absolute Gasteiger partial charge is 0.508 e. The summed E-state index contributed by atoms with van der Waals surface area (Å²) in [4.78, 5) is 37.0. The van der Waals surface area contributed by atoms with Gasteiger partial charge in [0, 0.05) is 30.3 Å². The molecule has 4 aromatic rings. The van der Waals surface area contributed by atoms with E-state index in [1.54, 1.807) is 9.58 Å². The number of benzene rings is 2. The molecule has 1 amide bonds. The number of phenols is 1. The number of aromatic nitrogens is 4. The Bertz CT molecular complexity index is 1780.